The first-order valence-corrected chi connectivity index (χ1v) is 8.78. The van der Waals surface area contributed by atoms with Gasteiger partial charge in [-0.15, -0.1) is 11.3 Å². The van der Waals surface area contributed by atoms with E-state index in [9.17, 15) is 0 Å². The van der Waals surface area contributed by atoms with Crippen LogP contribution in [0.5, 0.6) is 0 Å². The molecule has 0 radical (unpaired) electrons. The molecule has 1 saturated heterocycles. The Balaban J connectivity index is 1.82. The number of nitrogens with one attached hydrogen (secondary N) is 1. The van der Waals surface area contributed by atoms with E-state index >= 15 is 0 Å². The van der Waals surface area contributed by atoms with Gasteiger partial charge in [0.1, 0.15) is 0 Å². The summed E-state index contributed by atoms with van der Waals surface area (Å²) in [7, 11) is 2.19. The number of likely N-dealkylation sites (tertiary alicyclic amines) is 1. The topological polar surface area (TPSA) is 24.5 Å². The summed E-state index contributed by atoms with van der Waals surface area (Å²) in [4.78, 5) is 5.18. The maximum absolute atomic E-state index is 6.12. The van der Waals surface area contributed by atoms with Crippen LogP contribution >= 0.6 is 11.3 Å². The Morgan fingerprint density at radius 2 is 2.00 bits per heavy atom. The van der Waals surface area contributed by atoms with E-state index in [-0.39, 0.29) is 5.54 Å². The molecule has 120 valence electrons. The second-order valence-corrected chi connectivity index (χ2v) is 8.55. The van der Waals surface area contributed by atoms with Crippen molar-refractivity contribution in [1.82, 2.24) is 10.2 Å². The average Bonchev–Trinajstić information content (AvgIpc) is 2.76. The lowest BCUT2D eigenvalue weighted by atomic mass is 10.1. The van der Waals surface area contributed by atoms with Crippen LogP contribution in [0.3, 0.4) is 0 Å². The lowest BCUT2D eigenvalue weighted by Crippen LogP contribution is -2.34. The van der Waals surface area contributed by atoms with Gasteiger partial charge in [0.25, 0.3) is 0 Å². The third-order valence-electron chi connectivity index (χ3n) is 4.00. The minimum absolute atomic E-state index is 0.169. The van der Waals surface area contributed by atoms with Crippen molar-refractivity contribution < 1.29 is 4.74 Å². The van der Waals surface area contributed by atoms with Crippen LogP contribution in [0.15, 0.2) is 6.07 Å². The number of rotatable bonds is 5. The van der Waals surface area contributed by atoms with Gasteiger partial charge in [0, 0.05) is 34.9 Å². The minimum atomic E-state index is 0.169. The van der Waals surface area contributed by atoms with Crippen molar-refractivity contribution in [1.29, 1.82) is 0 Å². The summed E-state index contributed by atoms with van der Waals surface area (Å²) in [6.45, 7) is 12.9. The smallest absolute Gasteiger partial charge is 0.0731 e. The Bertz CT molecular complexity index is 442. The zero-order valence-electron chi connectivity index (χ0n) is 14.2. The van der Waals surface area contributed by atoms with E-state index in [1.807, 2.05) is 11.3 Å². The molecule has 0 saturated carbocycles. The van der Waals surface area contributed by atoms with Crippen molar-refractivity contribution in [2.45, 2.75) is 65.3 Å². The van der Waals surface area contributed by atoms with Crippen molar-refractivity contribution >= 4 is 11.3 Å². The van der Waals surface area contributed by atoms with E-state index in [2.05, 4.69) is 51.0 Å². The molecule has 1 aromatic rings. The molecule has 2 rings (SSSR count). The van der Waals surface area contributed by atoms with Gasteiger partial charge in [0.2, 0.25) is 0 Å². The lowest BCUT2D eigenvalue weighted by Gasteiger charge is -2.28. The van der Waals surface area contributed by atoms with E-state index in [1.54, 1.807) is 0 Å². The molecular weight excluding hydrogens is 280 g/mol. The number of piperidine rings is 1. The molecular formula is C17H30N2OS. The summed E-state index contributed by atoms with van der Waals surface area (Å²) in [6.07, 6.45) is 2.77. The first kappa shape index (κ1) is 16.9. The normalized spacial score (nSPS) is 18.3. The highest BCUT2D eigenvalue weighted by molar-refractivity contribution is 7.12. The Morgan fingerprint density at radius 1 is 1.33 bits per heavy atom. The molecule has 0 unspecified atom stereocenters. The van der Waals surface area contributed by atoms with Crippen LogP contribution in [0.1, 0.15) is 48.9 Å². The van der Waals surface area contributed by atoms with Gasteiger partial charge in [-0.05, 0) is 59.2 Å². The Labute approximate surface area is 133 Å². The zero-order chi connectivity index (χ0) is 15.5. The summed E-state index contributed by atoms with van der Waals surface area (Å²) in [5.41, 5.74) is 1.53. The fraction of sp³-hybridized carbons (Fsp3) is 0.765. The molecule has 0 amide bonds. The summed E-state index contributed by atoms with van der Waals surface area (Å²) in [5.74, 6) is 0. The Morgan fingerprint density at radius 3 is 2.62 bits per heavy atom. The molecule has 0 spiro atoms. The Hall–Kier alpha value is -0.420. The molecule has 1 N–H and O–H groups in total. The van der Waals surface area contributed by atoms with Crippen molar-refractivity contribution in [2.75, 3.05) is 20.1 Å². The van der Waals surface area contributed by atoms with Crippen molar-refractivity contribution in [2.24, 2.45) is 0 Å². The van der Waals surface area contributed by atoms with Gasteiger partial charge in [-0.25, -0.2) is 0 Å². The predicted molar refractivity (Wildman–Crippen MR) is 91.0 cm³/mol. The van der Waals surface area contributed by atoms with Gasteiger partial charge in [-0.3, -0.25) is 0 Å². The monoisotopic (exact) mass is 310 g/mol. The van der Waals surface area contributed by atoms with Crippen LogP contribution in [0.2, 0.25) is 0 Å². The van der Waals surface area contributed by atoms with Gasteiger partial charge < -0.3 is 15.0 Å². The Kier molecular flexibility index (Phi) is 5.83. The average molecular weight is 311 g/mol. The summed E-state index contributed by atoms with van der Waals surface area (Å²) in [5, 5.41) is 3.55. The van der Waals surface area contributed by atoms with Crippen molar-refractivity contribution in [3.63, 3.8) is 0 Å². The molecule has 2 heterocycles. The standard InChI is InChI=1S/C17H30N2OS/c1-13-14(10-16(21-13)11-18-17(2,3)4)12-20-15-6-8-19(5)9-7-15/h10,15,18H,6-9,11-12H2,1-5H3. The quantitative estimate of drug-likeness (QED) is 0.900. The molecule has 0 bridgehead atoms. The largest absolute Gasteiger partial charge is 0.373 e. The van der Waals surface area contributed by atoms with E-state index in [1.165, 1.54) is 15.3 Å². The molecule has 1 aromatic heterocycles. The highest BCUT2D eigenvalue weighted by Crippen LogP contribution is 2.24. The van der Waals surface area contributed by atoms with Gasteiger partial charge in [-0.1, -0.05) is 0 Å². The number of hydrogen-bond donors (Lipinski definition) is 1. The first-order valence-electron chi connectivity index (χ1n) is 7.97. The molecule has 21 heavy (non-hydrogen) atoms. The third kappa shape index (κ3) is 5.70. The highest BCUT2D eigenvalue weighted by atomic mass is 32.1. The molecule has 4 heteroatoms. The molecule has 1 aliphatic rings. The minimum Gasteiger partial charge on any atom is -0.373 e. The fourth-order valence-electron chi connectivity index (χ4n) is 2.53. The van der Waals surface area contributed by atoms with Crippen LogP contribution in [0.25, 0.3) is 0 Å². The SMILES string of the molecule is Cc1sc(CNC(C)(C)C)cc1COC1CCN(C)CC1. The van der Waals surface area contributed by atoms with Gasteiger partial charge >= 0.3 is 0 Å². The summed E-state index contributed by atoms with van der Waals surface area (Å²) in [6, 6.07) is 2.31. The number of ether oxygens (including phenoxy) is 1. The van der Waals surface area contributed by atoms with Crippen LogP contribution in [0, 0.1) is 6.92 Å². The molecule has 1 fully saturated rings. The number of hydrogen-bond acceptors (Lipinski definition) is 4. The van der Waals surface area contributed by atoms with Crippen molar-refractivity contribution in [3.8, 4) is 0 Å². The zero-order valence-corrected chi connectivity index (χ0v) is 15.0. The number of nitrogens with zero attached hydrogens (tertiary/aromatic N) is 1. The fourth-order valence-corrected chi connectivity index (χ4v) is 3.52. The highest BCUT2D eigenvalue weighted by Gasteiger charge is 2.18. The molecule has 0 aromatic carbocycles. The predicted octanol–water partition coefficient (Wildman–Crippen LogP) is 3.56. The molecule has 0 atom stereocenters. The third-order valence-corrected chi connectivity index (χ3v) is 5.10. The van der Waals surface area contributed by atoms with E-state index in [0.717, 1.165) is 39.1 Å². The molecule has 1 aliphatic heterocycles. The van der Waals surface area contributed by atoms with Crippen molar-refractivity contribution in [3.05, 3.63) is 21.4 Å². The van der Waals surface area contributed by atoms with Crippen LogP contribution in [-0.2, 0) is 17.9 Å². The van der Waals surface area contributed by atoms with E-state index in [4.69, 9.17) is 4.74 Å². The second-order valence-electron chi connectivity index (χ2n) is 7.21. The number of thiophene rings is 1. The van der Waals surface area contributed by atoms with Crippen LogP contribution < -0.4 is 5.32 Å². The van der Waals surface area contributed by atoms with E-state index < -0.39 is 0 Å². The second kappa shape index (κ2) is 7.23. The molecule has 3 nitrogen and oxygen atoms in total. The van der Waals surface area contributed by atoms with E-state index in [0.29, 0.717) is 6.10 Å². The maximum atomic E-state index is 6.12. The maximum Gasteiger partial charge on any atom is 0.0731 e. The first-order chi connectivity index (χ1) is 9.83. The summed E-state index contributed by atoms with van der Waals surface area (Å²) < 4.78 is 6.12. The van der Waals surface area contributed by atoms with Gasteiger partial charge in [0.05, 0.1) is 12.7 Å². The summed E-state index contributed by atoms with van der Waals surface area (Å²) >= 11 is 1.89. The van der Waals surface area contributed by atoms with Gasteiger partial charge in [-0.2, -0.15) is 0 Å². The van der Waals surface area contributed by atoms with Gasteiger partial charge in [0.15, 0.2) is 0 Å². The van der Waals surface area contributed by atoms with Crippen LogP contribution in [-0.4, -0.2) is 36.7 Å². The van der Waals surface area contributed by atoms with Crippen LogP contribution in [0.4, 0.5) is 0 Å². The molecule has 0 aliphatic carbocycles. The lowest BCUT2D eigenvalue weighted by molar-refractivity contribution is 0.00208. The number of aryl methyl sites for hydroxylation is 1.